The lowest BCUT2D eigenvalue weighted by molar-refractivity contribution is 0.0175. The van der Waals surface area contributed by atoms with E-state index in [-0.39, 0.29) is 11.1 Å². The van der Waals surface area contributed by atoms with Crippen molar-refractivity contribution in [2.24, 2.45) is 0 Å². The van der Waals surface area contributed by atoms with Crippen LogP contribution in [0.3, 0.4) is 0 Å². The molecule has 1 atom stereocenters. The molecule has 0 spiro atoms. The van der Waals surface area contributed by atoms with E-state index in [1.54, 1.807) is 0 Å². The summed E-state index contributed by atoms with van der Waals surface area (Å²) in [6.45, 7) is 12.0. The molecule has 1 aliphatic heterocycles. The highest BCUT2D eigenvalue weighted by molar-refractivity contribution is 6.42. The molecule has 2 nitrogen and oxygen atoms in total. The van der Waals surface area contributed by atoms with Crippen molar-refractivity contribution >= 4 is 23.2 Å². The summed E-state index contributed by atoms with van der Waals surface area (Å²) in [6.07, 6.45) is 1.12. The molecule has 1 aliphatic rings. The van der Waals surface area contributed by atoms with Crippen molar-refractivity contribution in [1.82, 2.24) is 10.2 Å². The smallest absolute Gasteiger partial charge is 0.0595 e. The van der Waals surface area contributed by atoms with Gasteiger partial charge in [-0.1, -0.05) is 36.2 Å². The largest absolute Gasteiger partial charge is 0.309 e. The number of piperazine rings is 1. The lowest BCUT2D eigenvalue weighted by atomic mass is 9.87. The molecule has 1 unspecified atom stereocenters. The van der Waals surface area contributed by atoms with E-state index in [0.29, 0.717) is 10.0 Å². The summed E-state index contributed by atoms with van der Waals surface area (Å²) in [5, 5.41) is 4.90. The Kier molecular flexibility index (Phi) is 4.70. The standard InChI is InChI=1S/C16H24Cl2N2/c1-5-16(4)10-19-15(2,3)11-20(16)9-12-6-7-13(17)14(18)8-12/h6-8,19H,5,9-11H2,1-4H3. The fourth-order valence-corrected chi connectivity index (χ4v) is 3.04. The number of hydrogen-bond acceptors (Lipinski definition) is 2. The first-order valence-electron chi connectivity index (χ1n) is 7.20. The van der Waals surface area contributed by atoms with E-state index in [2.05, 4.69) is 44.0 Å². The van der Waals surface area contributed by atoms with Crippen molar-refractivity contribution in [1.29, 1.82) is 0 Å². The first-order chi connectivity index (χ1) is 9.26. The predicted octanol–water partition coefficient (Wildman–Crippen LogP) is 4.35. The first-order valence-corrected chi connectivity index (χ1v) is 7.95. The Morgan fingerprint density at radius 1 is 1.20 bits per heavy atom. The zero-order valence-electron chi connectivity index (χ0n) is 12.8. The maximum Gasteiger partial charge on any atom is 0.0595 e. The molecule has 2 rings (SSSR count). The molecule has 4 heteroatoms. The second-order valence-electron chi connectivity index (χ2n) is 6.69. The monoisotopic (exact) mass is 314 g/mol. The van der Waals surface area contributed by atoms with E-state index in [1.165, 1.54) is 5.56 Å². The van der Waals surface area contributed by atoms with Crippen LogP contribution in [0.4, 0.5) is 0 Å². The molecule has 1 heterocycles. The minimum Gasteiger partial charge on any atom is -0.309 e. The summed E-state index contributed by atoms with van der Waals surface area (Å²) < 4.78 is 0. The van der Waals surface area contributed by atoms with Gasteiger partial charge in [0, 0.05) is 30.7 Å². The molecule has 1 aromatic rings. The van der Waals surface area contributed by atoms with E-state index in [0.717, 1.165) is 26.1 Å². The number of benzene rings is 1. The summed E-state index contributed by atoms with van der Waals surface area (Å²) in [4.78, 5) is 2.56. The molecule has 0 radical (unpaired) electrons. The van der Waals surface area contributed by atoms with Gasteiger partial charge >= 0.3 is 0 Å². The Balaban J connectivity index is 2.21. The van der Waals surface area contributed by atoms with Gasteiger partial charge in [-0.2, -0.15) is 0 Å². The van der Waals surface area contributed by atoms with Crippen LogP contribution >= 0.6 is 23.2 Å². The van der Waals surface area contributed by atoms with Gasteiger partial charge in [0.15, 0.2) is 0 Å². The van der Waals surface area contributed by atoms with Crippen LogP contribution in [0, 0.1) is 0 Å². The van der Waals surface area contributed by atoms with E-state index in [1.807, 2.05) is 12.1 Å². The Labute approximate surface area is 132 Å². The maximum atomic E-state index is 6.13. The number of rotatable bonds is 3. The minimum atomic E-state index is 0.144. The first kappa shape index (κ1) is 16.1. The summed E-state index contributed by atoms with van der Waals surface area (Å²) in [7, 11) is 0. The van der Waals surface area contributed by atoms with Crippen LogP contribution in [0.5, 0.6) is 0 Å². The second-order valence-corrected chi connectivity index (χ2v) is 7.51. The van der Waals surface area contributed by atoms with Crippen LogP contribution in [0.25, 0.3) is 0 Å². The van der Waals surface area contributed by atoms with Crippen molar-refractivity contribution < 1.29 is 0 Å². The molecule has 112 valence electrons. The molecule has 1 aromatic carbocycles. The van der Waals surface area contributed by atoms with Gasteiger partial charge < -0.3 is 5.32 Å². The third kappa shape index (κ3) is 3.48. The Bertz CT molecular complexity index is 487. The van der Waals surface area contributed by atoms with E-state index < -0.39 is 0 Å². The van der Waals surface area contributed by atoms with Crippen LogP contribution in [0.2, 0.25) is 10.0 Å². The number of nitrogens with one attached hydrogen (secondary N) is 1. The van der Waals surface area contributed by atoms with Crippen molar-refractivity contribution in [2.45, 2.75) is 51.7 Å². The van der Waals surface area contributed by atoms with Crippen molar-refractivity contribution in [3.05, 3.63) is 33.8 Å². The lowest BCUT2D eigenvalue weighted by Gasteiger charge is -2.51. The number of hydrogen-bond donors (Lipinski definition) is 1. The van der Waals surface area contributed by atoms with Crippen LogP contribution in [0.1, 0.15) is 39.7 Å². The fraction of sp³-hybridized carbons (Fsp3) is 0.625. The molecule has 0 aromatic heterocycles. The molecule has 0 aliphatic carbocycles. The lowest BCUT2D eigenvalue weighted by Crippen LogP contribution is -2.66. The molecular weight excluding hydrogens is 291 g/mol. The molecule has 20 heavy (non-hydrogen) atoms. The Hall–Kier alpha value is -0.280. The van der Waals surface area contributed by atoms with E-state index in [4.69, 9.17) is 23.2 Å². The molecular formula is C16H24Cl2N2. The highest BCUT2D eigenvalue weighted by Gasteiger charge is 2.39. The van der Waals surface area contributed by atoms with Gasteiger partial charge in [-0.05, 0) is 44.9 Å². The van der Waals surface area contributed by atoms with Crippen molar-refractivity contribution in [2.75, 3.05) is 13.1 Å². The van der Waals surface area contributed by atoms with Crippen molar-refractivity contribution in [3.8, 4) is 0 Å². The molecule has 0 amide bonds. The van der Waals surface area contributed by atoms with Crippen molar-refractivity contribution in [3.63, 3.8) is 0 Å². The van der Waals surface area contributed by atoms with Gasteiger partial charge in [0.05, 0.1) is 10.0 Å². The Morgan fingerprint density at radius 2 is 1.90 bits per heavy atom. The normalized spacial score (nSPS) is 26.7. The van der Waals surface area contributed by atoms with Gasteiger partial charge in [-0.25, -0.2) is 0 Å². The van der Waals surface area contributed by atoms with Gasteiger partial charge in [-0.15, -0.1) is 0 Å². The van der Waals surface area contributed by atoms with E-state index >= 15 is 0 Å². The molecule has 0 saturated carbocycles. The summed E-state index contributed by atoms with van der Waals surface area (Å²) >= 11 is 12.1. The number of nitrogens with zero attached hydrogens (tertiary/aromatic N) is 1. The SMILES string of the molecule is CCC1(C)CNC(C)(C)CN1Cc1ccc(Cl)c(Cl)c1. The molecule has 1 N–H and O–H groups in total. The predicted molar refractivity (Wildman–Crippen MR) is 87.6 cm³/mol. The third-order valence-corrected chi connectivity index (χ3v) is 5.16. The van der Waals surface area contributed by atoms with Gasteiger partial charge in [-0.3, -0.25) is 4.90 Å². The topological polar surface area (TPSA) is 15.3 Å². The molecule has 1 fully saturated rings. The third-order valence-electron chi connectivity index (χ3n) is 4.42. The minimum absolute atomic E-state index is 0.144. The highest BCUT2D eigenvalue weighted by atomic mass is 35.5. The quantitative estimate of drug-likeness (QED) is 0.892. The molecule has 1 saturated heterocycles. The van der Waals surface area contributed by atoms with Gasteiger partial charge in [0.1, 0.15) is 0 Å². The fourth-order valence-electron chi connectivity index (χ4n) is 2.72. The summed E-state index contributed by atoms with van der Waals surface area (Å²) in [6, 6.07) is 5.93. The van der Waals surface area contributed by atoms with E-state index in [9.17, 15) is 0 Å². The zero-order chi connectivity index (χ0) is 15.0. The van der Waals surface area contributed by atoms with Gasteiger partial charge in [0.2, 0.25) is 0 Å². The average molecular weight is 315 g/mol. The maximum absolute atomic E-state index is 6.13. The molecule has 0 bridgehead atoms. The van der Waals surface area contributed by atoms with Crippen LogP contribution in [-0.2, 0) is 6.54 Å². The zero-order valence-corrected chi connectivity index (χ0v) is 14.3. The van der Waals surface area contributed by atoms with Gasteiger partial charge in [0.25, 0.3) is 0 Å². The summed E-state index contributed by atoms with van der Waals surface area (Å²) in [5.41, 5.74) is 1.55. The highest BCUT2D eigenvalue weighted by Crippen LogP contribution is 2.30. The summed E-state index contributed by atoms with van der Waals surface area (Å²) in [5.74, 6) is 0. The van der Waals surface area contributed by atoms with Crippen LogP contribution in [0.15, 0.2) is 18.2 Å². The van der Waals surface area contributed by atoms with Crippen LogP contribution < -0.4 is 5.32 Å². The average Bonchev–Trinajstić information content (AvgIpc) is 2.38. The number of halogens is 2. The Morgan fingerprint density at radius 3 is 2.50 bits per heavy atom. The van der Waals surface area contributed by atoms with Crippen LogP contribution in [-0.4, -0.2) is 29.1 Å². The second kappa shape index (κ2) is 5.84.